The molecule has 2 aliphatic heterocycles. The summed E-state index contributed by atoms with van der Waals surface area (Å²) in [6.45, 7) is 0.200. The van der Waals surface area contributed by atoms with E-state index in [1.54, 1.807) is 0 Å². The van der Waals surface area contributed by atoms with Gasteiger partial charge in [0, 0.05) is 24.7 Å². The highest BCUT2D eigenvalue weighted by molar-refractivity contribution is 6.02. The molecule has 0 N–H and O–H groups in total. The van der Waals surface area contributed by atoms with E-state index < -0.39 is 29.4 Å². The van der Waals surface area contributed by atoms with Crippen LogP contribution in [-0.2, 0) is 9.59 Å². The second kappa shape index (κ2) is 4.91. The van der Waals surface area contributed by atoms with Gasteiger partial charge in [-0.3, -0.25) is 9.59 Å². The summed E-state index contributed by atoms with van der Waals surface area (Å²) in [4.78, 5) is 23.3. The predicted octanol–water partition coefficient (Wildman–Crippen LogP) is 2.35. The van der Waals surface area contributed by atoms with Crippen molar-refractivity contribution in [1.29, 1.82) is 0 Å². The Balaban J connectivity index is 2.04. The van der Waals surface area contributed by atoms with Gasteiger partial charge in [-0.2, -0.15) is 13.2 Å². The van der Waals surface area contributed by atoms with E-state index in [2.05, 4.69) is 0 Å². The first-order valence-electron chi connectivity index (χ1n) is 6.46. The van der Waals surface area contributed by atoms with Crippen LogP contribution in [0.2, 0.25) is 0 Å². The molecule has 116 valence electrons. The van der Waals surface area contributed by atoms with E-state index in [1.807, 2.05) is 0 Å². The van der Waals surface area contributed by atoms with Gasteiger partial charge < -0.3 is 0 Å². The SMILES string of the molecule is O=C1CCN2C(c3ccc(F)cc3)C(C(=O)C(F)(F)F)=CN12. The topological polar surface area (TPSA) is 40.6 Å². The summed E-state index contributed by atoms with van der Waals surface area (Å²) >= 11 is 0. The summed E-state index contributed by atoms with van der Waals surface area (Å²) in [7, 11) is 0. The zero-order chi connectivity index (χ0) is 16.1. The Labute approximate surface area is 122 Å². The van der Waals surface area contributed by atoms with Gasteiger partial charge in [0.15, 0.2) is 0 Å². The molecule has 0 radical (unpaired) electrons. The van der Waals surface area contributed by atoms with Crippen LogP contribution in [0.25, 0.3) is 0 Å². The van der Waals surface area contributed by atoms with Crippen molar-refractivity contribution in [3.63, 3.8) is 0 Å². The molecule has 0 aromatic heterocycles. The Bertz CT molecular complexity index is 666. The fourth-order valence-corrected chi connectivity index (χ4v) is 2.68. The van der Waals surface area contributed by atoms with Gasteiger partial charge in [-0.1, -0.05) is 12.1 Å². The molecule has 22 heavy (non-hydrogen) atoms. The van der Waals surface area contributed by atoms with E-state index in [1.165, 1.54) is 17.1 Å². The lowest BCUT2D eigenvalue weighted by molar-refractivity contribution is -0.167. The van der Waals surface area contributed by atoms with Gasteiger partial charge >= 0.3 is 6.18 Å². The van der Waals surface area contributed by atoms with Crippen molar-refractivity contribution in [3.05, 3.63) is 47.4 Å². The third-order valence-corrected chi connectivity index (χ3v) is 3.65. The zero-order valence-corrected chi connectivity index (χ0v) is 11.1. The van der Waals surface area contributed by atoms with Crippen LogP contribution in [0.4, 0.5) is 17.6 Å². The van der Waals surface area contributed by atoms with Crippen LogP contribution in [0, 0.1) is 5.82 Å². The quantitative estimate of drug-likeness (QED) is 0.787. The van der Waals surface area contributed by atoms with Crippen molar-refractivity contribution in [2.45, 2.75) is 18.6 Å². The van der Waals surface area contributed by atoms with Crippen LogP contribution < -0.4 is 0 Å². The molecule has 1 fully saturated rings. The van der Waals surface area contributed by atoms with Crippen molar-refractivity contribution >= 4 is 11.7 Å². The number of alkyl halides is 3. The van der Waals surface area contributed by atoms with Gasteiger partial charge in [0.2, 0.25) is 5.91 Å². The molecule has 1 amide bonds. The lowest BCUT2D eigenvalue weighted by Crippen LogP contribution is -2.34. The minimum atomic E-state index is -5.03. The van der Waals surface area contributed by atoms with E-state index in [-0.39, 0.29) is 18.9 Å². The van der Waals surface area contributed by atoms with Crippen LogP contribution in [0.15, 0.2) is 36.0 Å². The molecular weight excluding hydrogens is 304 g/mol. The largest absolute Gasteiger partial charge is 0.454 e. The lowest BCUT2D eigenvalue weighted by atomic mass is 9.96. The summed E-state index contributed by atoms with van der Waals surface area (Å²) in [5, 5.41) is 2.42. The second-order valence-electron chi connectivity index (χ2n) is 5.02. The molecule has 2 aliphatic rings. The first kappa shape index (κ1) is 14.7. The number of ketones is 1. The molecule has 0 saturated carbocycles. The third-order valence-electron chi connectivity index (χ3n) is 3.65. The highest BCUT2D eigenvalue weighted by Gasteiger charge is 2.50. The Morgan fingerprint density at radius 2 is 1.82 bits per heavy atom. The Kier molecular flexibility index (Phi) is 3.28. The number of carbonyl (C=O) groups excluding carboxylic acids is 2. The normalized spacial score (nSPS) is 22.0. The standard InChI is InChI=1S/C14H10F4N2O2/c15-9-3-1-8(2-4-9)12-10(13(22)14(16,17)18)7-20-11(21)5-6-19(12)20/h1-4,7,12H,5-6H2. The predicted molar refractivity (Wildman–Crippen MR) is 66.5 cm³/mol. The Morgan fingerprint density at radius 1 is 1.18 bits per heavy atom. The molecule has 3 rings (SSSR count). The summed E-state index contributed by atoms with van der Waals surface area (Å²) in [5.74, 6) is -2.91. The van der Waals surface area contributed by atoms with E-state index in [0.717, 1.165) is 23.3 Å². The molecule has 0 bridgehead atoms. The highest BCUT2D eigenvalue weighted by Crippen LogP contribution is 2.41. The molecule has 2 heterocycles. The number of carbonyl (C=O) groups is 2. The van der Waals surface area contributed by atoms with Crippen LogP contribution in [0.3, 0.4) is 0 Å². The monoisotopic (exact) mass is 314 g/mol. The van der Waals surface area contributed by atoms with E-state index >= 15 is 0 Å². The van der Waals surface area contributed by atoms with Crippen molar-refractivity contribution < 1.29 is 27.2 Å². The fraction of sp³-hybridized carbons (Fsp3) is 0.286. The number of Topliss-reactive ketones (excluding diaryl/α,β-unsaturated/α-hetero) is 1. The van der Waals surface area contributed by atoms with Gasteiger partial charge in [0.25, 0.3) is 5.78 Å². The minimum absolute atomic E-state index is 0.154. The second-order valence-corrected chi connectivity index (χ2v) is 5.02. The molecular formula is C14H10F4N2O2. The molecule has 1 aromatic carbocycles. The number of nitrogens with zero attached hydrogens (tertiary/aromatic N) is 2. The van der Waals surface area contributed by atoms with Gasteiger partial charge in [-0.15, -0.1) is 0 Å². The zero-order valence-electron chi connectivity index (χ0n) is 11.1. The maximum atomic E-state index is 13.0. The highest BCUT2D eigenvalue weighted by atomic mass is 19.4. The molecule has 1 saturated heterocycles. The van der Waals surface area contributed by atoms with Gasteiger partial charge in [-0.05, 0) is 17.7 Å². The summed E-state index contributed by atoms with van der Waals surface area (Å²) in [6, 6.07) is 3.78. The average Bonchev–Trinajstić information content (AvgIpc) is 2.98. The number of halogens is 4. The maximum absolute atomic E-state index is 13.0. The molecule has 4 nitrogen and oxygen atoms in total. The molecule has 0 aliphatic carbocycles. The smallest absolute Gasteiger partial charge is 0.284 e. The minimum Gasteiger partial charge on any atom is -0.284 e. The Hall–Kier alpha value is -2.22. The number of amides is 1. The van der Waals surface area contributed by atoms with Crippen molar-refractivity contribution in [1.82, 2.24) is 10.0 Å². The average molecular weight is 314 g/mol. The van der Waals surface area contributed by atoms with Crippen LogP contribution >= 0.6 is 0 Å². The first-order chi connectivity index (χ1) is 10.3. The number of hydrogen-bond acceptors (Lipinski definition) is 3. The van der Waals surface area contributed by atoms with E-state index in [9.17, 15) is 27.2 Å². The molecule has 0 spiro atoms. The molecule has 1 atom stereocenters. The first-order valence-corrected chi connectivity index (χ1v) is 6.46. The van der Waals surface area contributed by atoms with Crippen molar-refractivity contribution in [2.75, 3.05) is 6.54 Å². The number of benzene rings is 1. The lowest BCUT2D eigenvalue weighted by Gasteiger charge is -2.26. The molecule has 8 heteroatoms. The van der Waals surface area contributed by atoms with E-state index in [4.69, 9.17) is 0 Å². The summed E-state index contributed by atoms with van der Waals surface area (Å²) in [5.41, 5.74) is -0.213. The number of rotatable bonds is 2. The molecule has 1 aromatic rings. The van der Waals surface area contributed by atoms with Crippen molar-refractivity contribution in [3.8, 4) is 0 Å². The third kappa shape index (κ3) is 2.29. The van der Waals surface area contributed by atoms with Crippen LogP contribution in [0.1, 0.15) is 18.0 Å². The van der Waals surface area contributed by atoms with Gasteiger partial charge in [0.05, 0.1) is 6.04 Å². The van der Waals surface area contributed by atoms with Crippen LogP contribution in [0.5, 0.6) is 0 Å². The summed E-state index contributed by atoms with van der Waals surface area (Å²) in [6.07, 6.45) is -3.95. The Morgan fingerprint density at radius 3 is 2.41 bits per heavy atom. The van der Waals surface area contributed by atoms with Crippen molar-refractivity contribution in [2.24, 2.45) is 0 Å². The molecule has 1 unspecified atom stereocenters. The summed E-state index contributed by atoms with van der Waals surface area (Å²) < 4.78 is 51.3. The fourth-order valence-electron chi connectivity index (χ4n) is 2.68. The maximum Gasteiger partial charge on any atom is 0.454 e. The van der Waals surface area contributed by atoms with Gasteiger partial charge in [0.1, 0.15) is 5.82 Å². The number of hydrogen-bond donors (Lipinski definition) is 0. The van der Waals surface area contributed by atoms with Crippen LogP contribution in [-0.4, -0.2) is 34.4 Å². The van der Waals surface area contributed by atoms with E-state index in [0.29, 0.717) is 5.56 Å². The number of hydrazine groups is 1. The number of fused-ring (bicyclic) bond motifs is 1. The van der Waals surface area contributed by atoms with Gasteiger partial charge in [-0.25, -0.2) is 14.4 Å².